The molecule has 0 spiro atoms. The van der Waals surface area contributed by atoms with Crippen molar-refractivity contribution in [1.82, 2.24) is 14.3 Å². The summed E-state index contributed by atoms with van der Waals surface area (Å²) in [5, 5.41) is 3.67. The van der Waals surface area contributed by atoms with E-state index in [0.29, 0.717) is 11.6 Å². The van der Waals surface area contributed by atoms with Crippen molar-refractivity contribution < 1.29 is 8.42 Å². The summed E-state index contributed by atoms with van der Waals surface area (Å²) in [6, 6.07) is 10.4. The van der Waals surface area contributed by atoms with Gasteiger partial charge in [-0.2, -0.15) is 0 Å². The molecule has 7 heteroatoms. The highest BCUT2D eigenvalue weighted by atomic mass is 35.5. The molecule has 1 unspecified atom stereocenters. The van der Waals surface area contributed by atoms with Gasteiger partial charge in [0.1, 0.15) is 4.90 Å². The van der Waals surface area contributed by atoms with Gasteiger partial charge in [-0.25, -0.2) is 12.4 Å². The number of nitrogens with one attached hydrogen (secondary N) is 1. The molecular formula is C18H18ClN3O2S. The minimum Gasteiger partial charge on any atom is -0.314 e. The van der Waals surface area contributed by atoms with Crippen LogP contribution >= 0.6 is 11.6 Å². The summed E-state index contributed by atoms with van der Waals surface area (Å²) in [4.78, 5) is 4.53. The van der Waals surface area contributed by atoms with Crippen molar-refractivity contribution in [2.45, 2.75) is 30.2 Å². The monoisotopic (exact) mass is 375 g/mol. The fourth-order valence-electron chi connectivity index (χ4n) is 3.40. The number of fused-ring (bicyclic) bond motifs is 1. The number of pyridine rings is 1. The number of hydrogen-bond donors (Lipinski definition) is 1. The second-order valence-electron chi connectivity index (χ2n) is 6.25. The van der Waals surface area contributed by atoms with Gasteiger partial charge in [0.25, 0.3) is 10.0 Å². The normalized spacial score (nSPS) is 18.0. The molecule has 5 nitrogen and oxygen atoms in total. The molecule has 1 saturated heterocycles. The molecule has 0 bridgehead atoms. The van der Waals surface area contributed by atoms with Crippen LogP contribution in [0, 0.1) is 0 Å². The van der Waals surface area contributed by atoms with Gasteiger partial charge in [0.15, 0.2) is 0 Å². The molecule has 1 aliphatic rings. The summed E-state index contributed by atoms with van der Waals surface area (Å²) in [6.07, 6.45) is 6.39. The fourth-order valence-corrected chi connectivity index (χ4v) is 5.28. The van der Waals surface area contributed by atoms with E-state index in [1.165, 1.54) is 10.0 Å². The van der Waals surface area contributed by atoms with Crippen LogP contribution in [0.1, 0.15) is 18.4 Å². The van der Waals surface area contributed by atoms with E-state index in [-0.39, 0.29) is 9.92 Å². The summed E-state index contributed by atoms with van der Waals surface area (Å²) in [7, 11) is -3.78. The maximum absolute atomic E-state index is 13.2. The first-order valence-corrected chi connectivity index (χ1v) is 10.1. The minimum absolute atomic E-state index is 0.1000. The Bertz CT molecular complexity index is 1020. The van der Waals surface area contributed by atoms with Gasteiger partial charge in [0, 0.05) is 18.4 Å². The zero-order valence-corrected chi connectivity index (χ0v) is 15.1. The van der Waals surface area contributed by atoms with Gasteiger partial charge in [-0.1, -0.05) is 23.7 Å². The van der Waals surface area contributed by atoms with Crippen molar-refractivity contribution in [3.05, 3.63) is 59.4 Å². The lowest BCUT2D eigenvalue weighted by atomic mass is 10.1. The zero-order valence-electron chi connectivity index (χ0n) is 13.5. The van der Waals surface area contributed by atoms with Gasteiger partial charge in [-0.15, -0.1) is 0 Å². The van der Waals surface area contributed by atoms with E-state index in [2.05, 4.69) is 10.3 Å². The average Bonchev–Trinajstić information content (AvgIpc) is 3.24. The number of nitrogens with zero attached hydrogens (tertiary/aromatic N) is 2. The van der Waals surface area contributed by atoms with Crippen molar-refractivity contribution in [1.29, 1.82) is 0 Å². The zero-order chi connectivity index (χ0) is 17.4. The van der Waals surface area contributed by atoms with Crippen molar-refractivity contribution >= 4 is 32.7 Å². The minimum atomic E-state index is -3.78. The fraction of sp³-hybridized carbons (Fsp3) is 0.278. The van der Waals surface area contributed by atoms with E-state index in [0.717, 1.165) is 36.9 Å². The maximum atomic E-state index is 13.2. The topological polar surface area (TPSA) is 64.0 Å². The Morgan fingerprint density at radius 2 is 2.08 bits per heavy atom. The van der Waals surface area contributed by atoms with Crippen molar-refractivity contribution in [2.75, 3.05) is 6.54 Å². The Balaban J connectivity index is 1.86. The molecule has 0 amide bonds. The summed E-state index contributed by atoms with van der Waals surface area (Å²) in [5.41, 5.74) is 2.24. The third-order valence-corrected chi connectivity index (χ3v) is 6.78. The van der Waals surface area contributed by atoms with E-state index in [4.69, 9.17) is 11.6 Å². The molecule has 130 valence electrons. The van der Waals surface area contributed by atoms with Crippen LogP contribution in [0.4, 0.5) is 0 Å². The molecule has 4 rings (SSSR count). The third-order valence-electron chi connectivity index (χ3n) is 4.60. The molecule has 3 heterocycles. The van der Waals surface area contributed by atoms with Crippen molar-refractivity contribution in [3.8, 4) is 0 Å². The second-order valence-corrected chi connectivity index (χ2v) is 8.44. The van der Waals surface area contributed by atoms with E-state index in [9.17, 15) is 8.42 Å². The number of halogens is 1. The number of rotatable bonds is 4. The van der Waals surface area contributed by atoms with Crippen LogP contribution in [0.25, 0.3) is 11.0 Å². The van der Waals surface area contributed by atoms with Gasteiger partial charge in [-0.3, -0.25) is 4.98 Å². The molecule has 3 aromatic rings. The number of aromatic nitrogens is 2. The van der Waals surface area contributed by atoms with Crippen LogP contribution in [0.3, 0.4) is 0 Å². The molecule has 0 radical (unpaired) electrons. The predicted molar refractivity (Wildman–Crippen MR) is 98.5 cm³/mol. The van der Waals surface area contributed by atoms with Gasteiger partial charge in [-0.05, 0) is 55.6 Å². The SMILES string of the molecule is O=S(=O)(c1ccccc1Cl)n1cc(CC2CCCN2)c2ncccc21. The molecule has 0 aliphatic carbocycles. The quantitative estimate of drug-likeness (QED) is 0.760. The molecule has 1 N–H and O–H groups in total. The van der Waals surface area contributed by atoms with Crippen LogP contribution in [-0.4, -0.2) is 30.0 Å². The van der Waals surface area contributed by atoms with Crippen LogP contribution in [-0.2, 0) is 16.4 Å². The lowest BCUT2D eigenvalue weighted by Crippen LogP contribution is -2.23. The second kappa shape index (κ2) is 6.44. The summed E-state index contributed by atoms with van der Waals surface area (Å²) in [6.45, 7) is 1.01. The number of hydrogen-bond acceptors (Lipinski definition) is 4. The van der Waals surface area contributed by atoms with Crippen LogP contribution < -0.4 is 5.32 Å². The van der Waals surface area contributed by atoms with Crippen molar-refractivity contribution in [2.24, 2.45) is 0 Å². The lowest BCUT2D eigenvalue weighted by Gasteiger charge is -2.09. The first-order chi connectivity index (χ1) is 12.1. The molecule has 25 heavy (non-hydrogen) atoms. The van der Waals surface area contributed by atoms with Gasteiger partial charge < -0.3 is 5.32 Å². The molecule has 1 aliphatic heterocycles. The van der Waals surface area contributed by atoms with Crippen LogP contribution in [0.2, 0.25) is 5.02 Å². The van der Waals surface area contributed by atoms with Gasteiger partial charge in [0.05, 0.1) is 16.1 Å². The largest absolute Gasteiger partial charge is 0.314 e. The molecule has 2 aromatic heterocycles. The van der Waals surface area contributed by atoms with E-state index in [1.54, 1.807) is 42.7 Å². The molecule has 1 fully saturated rings. The smallest absolute Gasteiger partial charge is 0.269 e. The molecule has 1 atom stereocenters. The van der Waals surface area contributed by atoms with Crippen LogP contribution in [0.5, 0.6) is 0 Å². The Morgan fingerprint density at radius 1 is 1.24 bits per heavy atom. The molecule has 1 aromatic carbocycles. The van der Waals surface area contributed by atoms with Gasteiger partial charge in [0.2, 0.25) is 0 Å². The Hall–Kier alpha value is -1.89. The third kappa shape index (κ3) is 2.94. The van der Waals surface area contributed by atoms with Gasteiger partial charge >= 0.3 is 0 Å². The summed E-state index contributed by atoms with van der Waals surface area (Å²) >= 11 is 6.14. The Kier molecular flexibility index (Phi) is 4.27. The standard InChI is InChI=1S/C18H18ClN3O2S/c19-15-6-1-2-8-17(15)25(23,24)22-12-13(11-14-5-3-9-20-14)18-16(22)7-4-10-21-18/h1-2,4,6-8,10,12,14,20H,3,5,9,11H2. The van der Waals surface area contributed by atoms with E-state index < -0.39 is 10.0 Å². The van der Waals surface area contributed by atoms with Crippen molar-refractivity contribution in [3.63, 3.8) is 0 Å². The highest BCUT2D eigenvalue weighted by Crippen LogP contribution is 2.29. The Labute approximate surface area is 151 Å². The van der Waals surface area contributed by atoms with E-state index >= 15 is 0 Å². The highest BCUT2D eigenvalue weighted by Gasteiger charge is 2.25. The summed E-state index contributed by atoms with van der Waals surface area (Å²) < 4.78 is 27.6. The van der Waals surface area contributed by atoms with Crippen LogP contribution in [0.15, 0.2) is 53.7 Å². The molecule has 0 saturated carbocycles. The number of benzene rings is 1. The Morgan fingerprint density at radius 3 is 2.84 bits per heavy atom. The van der Waals surface area contributed by atoms with E-state index in [1.807, 2.05) is 0 Å². The first-order valence-electron chi connectivity index (χ1n) is 8.26. The maximum Gasteiger partial charge on any atom is 0.269 e. The first kappa shape index (κ1) is 16.6. The predicted octanol–water partition coefficient (Wildman–Crippen LogP) is 3.22. The lowest BCUT2D eigenvalue weighted by molar-refractivity contribution is 0.587. The summed E-state index contributed by atoms with van der Waals surface area (Å²) in [5.74, 6) is 0. The average molecular weight is 376 g/mol. The highest BCUT2D eigenvalue weighted by molar-refractivity contribution is 7.90. The molecular weight excluding hydrogens is 358 g/mol.